The lowest BCUT2D eigenvalue weighted by molar-refractivity contribution is 0.169. The van der Waals surface area contributed by atoms with E-state index in [4.69, 9.17) is 26.3 Å². The molecule has 2 aromatic heterocycles. The van der Waals surface area contributed by atoms with E-state index in [1.54, 1.807) is 24.2 Å². The molecular formula is C25H25ClN6O2. The number of aliphatic hydroxyl groups is 1. The van der Waals surface area contributed by atoms with Gasteiger partial charge in [0.05, 0.1) is 30.5 Å². The normalized spacial score (nSPS) is 16.9. The van der Waals surface area contributed by atoms with Crippen molar-refractivity contribution in [2.75, 3.05) is 31.4 Å². The summed E-state index contributed by atoms with van der Waals surface area (Å²) in [7, 11) is 5.51. The molecule has 0 bridgehead atoms. The van der Waals surface area contributed by atoms with Crippen LogP contribution in [0.5, 0.6) is 5.75 Å². The average Bonchev–Trinajstić information content (AvgIpc) is 3.41. The molecule has 1 aliphatic carbocycles. The van der Waals surface area contributed by atoms with Crippen molar-refractivity contribution in [3.8, 4) is 11.4 Å². The summed E-state index contributed by atoms with van der Waals surface area (Å²) >= 11 is 5.97. The minimum Gasteiger partial charge on any atom is -0.494 e. The van der Waals surface area contributed by atoms with Crippen LogP contribution < -0.4 is 15.0 Å². The molecule has 1 unspecified atom stereocenters. The standard InChI is InChI=1S/C25H25ClN6O2/c1-31(2)24-17-12-19(33)22(15-7-5-4-6-8-15)23(17)29-25(30-24)28-16-9-10-18(20(11-16)34-3)32-13-21(26)27-14-32/h4-11,13-14,19,22,33H,12H2,1-3H3,(H,28,29,30)/t19-,22?/m0/s1. The highest BCUT2D eigenvalue weighted by molar-refractivity contribution is 6.29. The number of benzene rings is 2. The number of imidazole rings is 1. The molecule has 0 radical (unpaired) electrons. The van der Waals surface area contributed by atoms with E-state index in [9.17, 15) is 5.11 Å². The van der Waals surface area contributed by atoms with Gasteiger partial charge in [0, 0.05) is 44.0 Å². The second-order valence-corrected chi connectivity index (χ2v) is 8.79. The topological polar surface area (TPSA) is 88.3 Å². The van der Waals surface area contributed by atoms with Crippen LogP contribution in [0.25, 0.3) is 5.69 Å². The van der Waals surface area contributed by atoms with E-state index in [2.05, 4.69) is 10.3 Å². The summed E-state index contributed by atoms with van der Waals surface area (Å²) < 4.78 is 7.40. The van der Waals surface area contributed by atoms with E-state index < -0.39 is 6.10 Å². The van der Waals surface area contributed by atoms with Crippen molar-refractivity contribution in [2.24, 2.45) is 0 Å². The number of rotatable bonds is 6. The van der Waals surface area contributed by atoms with Crippen LogP contribution >= 0.6 is 11.6 Å². The summed E-state index contributed by atoms with van der Waals surface area (Å²) in [6.45, 7) is 0. The summed E-state index contributed by atoms with van der Waals surface area (Å²) in [6.07, 6.45) is 3.31. The van der Waals surface area contributed by atoms with Gasteiger partial charge in [0.1, 0.15) is 23.0 Å². The monoisotopic (exact) mass is 476 g/mol. The Morgan fingerprint density at radius 1 is 1.15 bits per heavy atom. The Labute approximate surface area is 202 Å². The fourth-order valence-electron chi connectivity index (χ4n) is 4.45. The summed E-state index contributed by atoms with van der Waals surface area (Å²) in [4.78, 5) is 15.6. The van der Waals surface area contributed by atoms with E-state index in [0.29, 0.717) is 23.3 Å². The maximum Gasteiger partial charge on any atom is 0.229 e. The number of fused-ring (bicyclic) bond motifs is 1. The van der Waals surface area contributed by atoms with Crippen LogP contribution in [0, 0.1) is 0 Å². The zero-order valence-corrected chi connectivity index (χ0v) is 19.9. The van der Waals surface area contributed by atoms with Gasteiger partial charge in [-0.15, -0.1) is 0 Å². The Balaban J connectivity index is 1.53. The van der Waals surface area contributed by atoms with Crippen molar-refractivity contribution < 1.29 is 9.84 Å². The van der Waals surface area contributed by atoms with Crippen LogP contribution in [0.3, 0.4) is 0 Å². The second kappa shape index (κ2) is 8.96. The van der Waals surface area contributed by atoms with Gasteiger partial charge in [-0.25, -0.2) is 9.97 Å². The predicted molar refractivity (Wildman–Crippen MR) is 133 cm³/mol. The van der Waals surface area contributed by atoms with Crippen LogP contribution in [0.15, 0.2) is 61.1 Å². The highest BCUT2D eigenvalue weighted by atomic mass is 35.5. The maximum atomic E-state index is 10.9. The van der Waals surface area contributed by atoms with Gasteiger partial charge in [0.25, 0.3) is 0 Å². The zero-order chi connectivity index (χ0) is 23.8. The molecule has 2 atom stereocenters. The van der Waals surface area contributed by atoms with E-state index in [0.717, 1.165) is 34.0 Å². The number of halogens is 1. The van der Waals surface area contributed by atoms with Crippen LogP contribution in [-0.4, -0.2) is 51.9 Å². The summed E-state index contributed by atoms with van der Waals surface area (Å²) in [5.41, 5.74) is 4.43. The van der Waals surface area contributed by atoms with Gasteiger partial charge in [-0.3, -0.25) is 0 Å². The highest BCUT2D eigenvalue weighted by Gasteiger charge is 2.37. The quantitative estimate of drug-likeness (QED) is 0.431. The lowest BCUT2D eigenvalue weighted by atomic mass is 9.95. The van der Waals surface area contributed by atoms with Gasteiger partial charge in [-0.05, 0) is 17.7 Å². The third-order valence-corrected chi connectivity index (χ3v) is 6.15. The second-order valence-electron chi connectivity index (χ2n) is 8.40. The number of ether oxygens (including phenoxy) is 1. The molecule has 0 aliphatic heterocycles. The van der Waals surface area contributed by atoms with Gasteiger partial charge >= 0.3 is 0 Å². The molecule has 0 spiro atoms. The number of hydrogen-bond acceptors (Lipinski definition) is 7. The molecule has 2 aromatic carbocycles. The first-order valence-corrected chi connectivity index (χ1v) is 11.3. The smallest absolute Gasteiger partial charge is 0.229 e. The fraction of sp³-hybridized carbons (Fsp3) is 0.240. The molecule has 1 aliphatic rings. The lowest BCUT2D eigenvalue weighted by Crippen LogP contribution is -2.16. The van der Waals surface area contributed by atoms with Crippen molar-refractivity contribution in [1.82, 2.24) is 19.5 Å². The van der Waals surface area contributed by atoms with Gasteiger partial charge < -0.3 is 24.6 Å². The molecule has 8 nitrogen and oxygen atoms in total. The van der Waals surface area contributed by atoms with Crippen LogP contribution in [-0.2, 0) is 6.42 Å². The highest BCUT2D eigenvalue weighted by Crippen LogP contribution is 2.41. The Hall–Kier alpha value is -3.62. The lowest BCUT2D eigenvalue weighted by Gasteiger charge is -2.19. The van der Waals surface area contributed by atoms with Crippen molar-refractivity contribution in [3.05, 3.63) is 83.0 Å². The number of methoxy groups -OCH3 is 1. The molecule has 2 heterocycles. The molecular weight excluding hydrogens is 452 g/mol. The Morgan fingerprint density at radius 2 is 1.94 bits per heavy atom. The minimum atomic E-state index is -0.554. The summed E-state index contributed by atoms with van der Waals surface area (Å²) in [6, 6.07) is 15.7. The summed E-state index contributed by atoms with van der Waals surface area (Å²) in [5.74, 6) is 1.69. The van der Waals surface area contributed by atoms with Crippen molar-refractivity contribution in [1.29, 1.82) is 0 Å². The SMILES string of the molecule is COc1cc(Nc2nc3c(c(N(C)C)n2)C[C@H](O)C3c2ccccc2)ccc1-n1cnc(Cl)c1. The van der Waals surface area contributed by atoms with Crippen LogP contribution in [0.1, 0.15) is 22.7 Å². The van der Waals surface area contributed by atoms with Gasteiger partial charge in [0.15, 0.2) is 0 Å². The van der Waals surface area contributed by atoms with Crippen LogP contribution in [0.2, 0.25) is 5.15 Å². The van der Waals surface area contributed by atoms with E-state index in [1.165, 1.54) is 0 Å². The number of hydrogen-bond donors (Lipinski definition) is 2. The number of nitrogens with one attached hydrogen (secondary N) is 1. The third-order valence-electron chi connectivity index (χ3n) is 5.96. The molecule has 34 heavy (non-hydrogen) atoms. The van der Waals surface area contributed by atoms with Crippen LogP contribution in [0.4, 0.5) is 17.5 Å². The Bertz CT molecular complexity index is 1320. The number of aromatic nitrogens is 4. The first-order chi connectivity index (χ1) is 16.4. The van der Waals surface area contributed by atoms with Gasteiger partial charge in [-0.2, -0.15) is 4.98 Å². The summed E-state index contributed by atoms with van der Waals surface area (Å²) in [5, 5.41) is 14.6. The van der Waals surface area contributed by atoms with E-state index >= 15 is 0 Å². The molecule has 0 fully saturated rings. The molecule has 0 amide bonds. The zero-order valence-electron chi connectivity index (χ0n) is 19.1. The number of aliphatic hydroxyl groups excluding tert-OH is 1. The van der Waals surface area contributed by atoms with Gasteiger partial charge in [-0.1, -0.05) is 41.9 Å². The molecule has 9 heteroatoms. The predicted octanol–water partition coefficient (Wildman–Crippen LogP) is 4.18. The minimum absolute atomic E-state index is 0.207. The largest absolute Gasteiger partial charge is 0.494 e. The number of nitrogens with zero attached hydrogens (tertiary/aromatic N) is 5. The first kappa shape index (κ1) is 22.2. The van der Waals surface area contributed by atoms with Crippen molar-refractivity contribution in [2.45, 2.75) is 18.4 Å². The van der Waals surface area contributed by atoms with Crippen molar-refractivity contribution >= 4 is 29.1 Å². The van der Waals surface area contributed by atoms with E-state index in [-0.39, 0.29) is 5.92 Å². The molecule has 0 saturated heterocycles. The first-order valence-electron chi connectivity index (χ1n) is 10.9. The molecule has 5 rings (SSSR count). The molecule has 4 aromatic rings. The van der Waals surface area contributed by atoms with Gasteiger partial charge in [0.2, 0.25) is 5.95 Å². The average molecular weight is 477 g/mol. The third kappa shape index (κ3) is 4.06. The Kier molecular flexibility index (Phi) is 5.85. The molecule has 2 N–H and O–H groups in total. The molecule has 174 valence electrons. The Morgan fingerprint density at radius 3 is 2.62 bits per heavy atom. The fourth-order valence-corrected chi connectivity index (χ4v) is 4.59. The number of anilines is 3. The van der Waals surface area contributed by atoms with Crippen molar-refractivity contribution in [3.63, 3.8) is 0 Å². The maximum absolute atomic E-state index is 10.9. The van der Waals surface area contributed by atoms with E-state index in [1.807, 2.05) is 67.5 Å². The molecule has 0 saturated carbocycles.